The molecule has 1 unspecified atom stereocenters. The molecule has 0 bridgehead atoms. The lowest BCUT2D eigenvalue weighted by Crippen LogP contribution is -2.40. The van der Waals surface area contributed by atoms with Gasteiger partial charge in [0.25, 0.3) is 5.56 Å². The second-order valence-electron chi connectivity index (χ2n) is 7.75. The summed E-state index contributed by atoms with van der Waals surface area (Å²) in [6.45, 7) is 0. The molecule has 162 valence electrons. The van der Waals surface area contributed by atoms with E-state index in [9.17, 15) is 22.8 Å². The highest BCUT2D eigenvalue weighted by molar-refractivity contribution is 7.07. The molecule has 0 amide bonds. The standard InChI is InChI=1S/C24H17F3N2O2S/c25-24(26,27)16-9-4-6-14(12-16)13-19-22(31)29-21(15-7-2-1-3-8-15)20-17(28-23(29)32-19)10-5-11-18(20)30/h1-4,6-9,12-13,21H,5,10-11H2. The molecule has 5 rings (SSSR count). The highest BCUT2D eigenvalue weighted by atomic mass is 32.1. The second-order valence-corrected chi connectivity index (χ2v) is 8.76. The first kappa shape index (κ1) is 20.6. The number of ketones is 1. The number of rotatable bonds is 2. The predicted molar refractivity (Wildman–Crippen MR) is 115 cm³/mol. The average Bonchev–Trinajstić information content (AvgIpc) is 3.07. The lowest BCUT2D eigenvalue weighted by atomic mass is 9.86. The molecule has 1 aromatic heterocycles. The largest absolute Gasteiger partial charge is 0.416 e. The molecule has 0 radical (unpaired) electrons. The van der Waals surface area contributed by atoms with Crippen LogP contribution >= 0.6 is 11.3 Å². The van der Waals surface area contributed by atoms with E-state index in [0.29, 0.717) is 35.3 Å². The van der Waals surface area contributed by atoms with Crippen molar-refractivity contribution >= 4 is 23.2 Å². The van der Waals surface area contributed by atoms with Gasteiger partial charge in [0.1, 0.15) is 0 Å². The van der Waals surface area contributed by atoms with Gasteiger partial charge in [0.15, 0.2) is 10.6 Å². The molecule has 0 saturated carbocycles. The second kappa shape index (κ2) is 7.70. The Balaban J connectivity index is 1.72. The maximum atomic E-state index is 13.4. The monoisotopic (exact) mass is 454 g/mol. The molecule has 2 aromatic carbocycles. The van der Waals surface area contributed by atoms with Gasteiger partial charge in [-0.25, -0.2) is 4.99 Å². The zero-order valence-corrected chi connectivity index (χ0v) is 17.5. The maximum absolute atomic E-state index is 13.4. The van der Waals surface area contributed by atoms with Crippen LogP contribution in [0.4, 0.5) is 13.2 Å². The summed E-state index contributed by atoms with van der Waals surface area (Å²) < 4.78 is 41.0. The molecule has 4 nitrogen and oxygen atoms in total. The van der Waals surface area contributed by atoms with Crippen molar-refractivity contribution in [2.45, 2.75) is 31.5 Å². The first-order valence-corrected chi connectivity index (χ1v) is 10.9. The lowest BCUT2D eigenvalue weighted by Gasteiger charge is -2.28. The summed E-state index contributed by atoms with van der Waals surface area (Å²) in [5.41, 5.74) is 1.17. The molecule has 32 heavy (non-hydrogen) atoms. The molecule has 2 aliphatic rings. The summed E-state index contributed by atoms with van der Waals surface area (Å²) >= 11 is 1.13. The van der Waals surface area contributed by atoms with Crippen molar-refractivity contribution in [3.63, 3.8) is 0 Å². The van der Waals surface area contributed by atoms with E-state index in [1.807, 2.05) is 30.3 Å². The first-order chi connectivity index (χ1) is 15.3. The van der Waals surface area contributed by atoms with Crippen molar-refractivity contribution < 1.29 is 18.0 Å². The van der Waals surface area contributed by atoms with Crippen LogP contribution < -0.4 is 14.9 Å². The number of alkyl halides is 3. The van der Waals surface area contributed by atoms with Gasteiger partial charge in [-0.2, -0.15) is 13.2 Å². The molecule has 0 saturated heterocycles. The van der Waals surface area contributed by atoms with Crippen LogP contribution in [0.15, 0.2) is 75.7 Å². The Hall–Kier alpha value is -3.26. The molecule has 3 aromatic rings. The SMILES string of the molecule is O=C1CCCC2=C1C(c1ccccc1)n1c(sc(=Cc3cccc(C(F)(F)F)c3)c1=O)=N2. The minimum absolute atomic E-state index is 0.0176. The van der Waals surface area contributed by atoms with Crippen molar-refractivity contribution in [2.24, 2.45) is 4.99 Å². The summed E-state index contributed by atoms with van der Waals surface area (Å²) in [6.07, 6.45) is -1.24. The molecule has 1 atom stereocenters. The fourth-order valence-electron chi connectivity index (χ4n) is 4.22. The summed E-state index contributed by atoms with van der Waals surface area (Å²) in [5, 5.41) is 0. The van der Waals surface area contributed by atoms with Crippen LogP contribution in [0.25, 0.3) is 6.08 Å². The van der Waals surface area contributed by atoms with E-state index in [1.54, 1.807) is 0 Å². The third kappa shape index (κ3) is 3.54. The van der Waals surface area contributed by atoms with Gasteiger partial charge in [-0.05, 0) is 42.2 Å². The zero-order valence-electron chi connectivity index (χ0n) is 16.7. The summed E-state index contributed by atoms with van der Waals surface area (Å²) in [4.78, 5) is 31.3. The van der Waals surface area contributed by atoms with Crippen LogP contribution in [0.2, 0.25) is 0 Å². The number of fused-ring (bicyclic) bond motifs is 1. The topological polar surface area (TPSA) is 51.4 Å². The molecule has 0 N–H and O–H groups in total. The van der Waals surface area contributed by atoms with E-state index in [2.05, 4.69) is 4.99 Å². The number of aromatic nitrogens is 1. The zero-order chi connectivity index (χ0) is 22.5. The lowest BCUT2D eigenvalue weighted by molar-refractivity contribution is -0.137. The van der Waals surface area contributed by atoms with Gasteiger partial charge in [-0.15, -0.1) is 0 Å². The number of halogens is 3. The van der Waals surface area contributed by atoms with Crippen LogP contribution in [0.3, 0.4) is 0 Å². The third-order valence-electron chi connectivity index (χ3n) is 5.65. The van der Waals surface area contributed by atoms with E-state index in [0.717, 1.165) is 29.0 Å². The molecular weight excluding hydrogens is 437 g/mol. The van der Waals surface area contributed by atoms with Crippen molar-refractivity contribution in [2.75, 3.05) is 0 Å². The number of hydrogen-bond acceptors (Lipinski definition) is 4. The summed E-state index contributed by atoms with van der Waals surface area (Å²) in [5.74, 6) is -0.0176. The van der Waals surface area contributed by atoms with E-state index in [4.69, 9.17) is 0 Å². The van der Waals surface area contributed by atoms with Crippen LogP contribution in [0.5, 0.6) is 0 Å². The Morgan fingerprint density at radius 2 is 1.81 bits per heavy atom. The number of carbonyl (C=O) groups excluding carboxylic acids is 1. The third-order valence-corrected chi connectivity index (χ3v) is 6.64. The number of nitrogens with zero attached hydrogens (tertiary/aromatic N) is 2. The van der Waals surface area contributed by atoms with Crippen LogP contribution in [-0.2, 0) is 11.0 Å². The van der Waals surface area contributed by atoms with Crippen molar-refractivity contribution in [3.05, 3.63) is 102 Å². The summed E-state index contributed by atoms with van der Waals surface area (Å²) in [6, 6.07) is 13.6. The van der Waals surface area contributed by atoms with Crippen LogP contribution in [0, 0.1) is 0 Å². The van der Waals surface area contributed by atoms with Gasteiger partial charge in [0.05, 0.1) is 21.8 Å². The Kier molecular flexibility index (Phi) is 4.97. The van der Waals surface area contributed by atoms with E-state index < -0.39 is 17.8 Å². The Bertz CT molecular complexity index is 1430. The Labute approximate surface area is 184 Å². The minimum atomic E-state index is -4.47. The van der Waals surface area contributed by atoms with Crippen molar-refractivity contribution in [3.8, 4) is 0 Å². The number of allylic oxidation sites excluding steroid dienone is 2. The molecule has 2 heterocycles. The molecule has 8 heteroatoms. The van der Waals surface area contributed by atoms with E-state index >= 15 is 0 Å². The van der Waals surface area contributed by atoms with E-state index in [1.165, 1.54) is 22.8 Å². The number of carbonyl (C=O) groups is 1. The summed E-state index contributed by atoms with van der Waals surface area (Å²) in [7, 11) is 0. The van der Waals surface area contributed by atoms with Gasteiger partial charge in [-0.1, -0.05) is 53.8 Å². The Morgan fingerprint density at radius 1 is 1.03 bits per heavy atom. The number of thiazole rings is 1. The molecular formula is C24H17F3N2O2S. The van der Waals surface area contributed by atoms with Gasteiger partial charge in [0, 0.05) is 12.0 Å². The molecule has 0 fully saturated rings. The highest BCUT2D eigenvalue weighted by Crippen LogP contribution is 2.36. The highest BCUT2D eigenvalue weighted by Gasteiger charge is 2.35. The van der Waals surface area contributed by atoms with Crippen LogP contribution in [0.1, 0.15) is 42.0 Å². The fraction of sp³-hybridized carbons (Fsp3) is 0.208. The van der Waals surface area contributed by atoms with E-state index in [-0.39, 0.29) is 21.4 Å². The molecule has 1 aliphatic carbocycles. The van der Waals surface area contributed by atoms with Gasteiger partial charge >= 0.3 is 6.18 Å². The first-order valence-electron chi connectivity index (χ1n) is 10.1. The fourth-order valence-corrected chi connectivity index (χ4v) is 5.24. The van der Waals surface area contributed by atoms with Gasteiger partial charge < -0.3 is 0 Å². The maximum Gasteiger partial charge on any atom is 0.416 e. The predicted octanol–water partition coefficient (Wildman–Crippen LogP) is 3.99. The number of benzene rings is 2. The number of hydrogen-bond donors (Lipinski definition) is 0. The van der Waals surface area contributed by atoms with Gasteiger partial charge in [-0.3, -0.25) is 14.2 Å². The van der Waals surface area contributed by atoms with Gasteiger partial charge in [0.2, 0.25) is 0 Å². The average molecular weight is 454 g/mol. The molecule has 0 spiro atoms. The van der Waals surface area contributed by atoms with Crippen LogP contribution in [-0.4, -0.2) is 10.4 Å². The normalized spacial score (nSPS) is 18.9. The van der Waals surface area contributed by atoms with Crippen molar-refractivity contribution in [1.82, 2.24) is 4.57 Å². The smallest absolute Gasteiger partial charge is 0.294 e. The molecule has 1 aliphatic heterocycles. The Morgan fingerprint density at radius 3 is 2.56 bits per heavy atom. The number of Topliss-reactive ketones (excluding diaryl/α,β-unsaturated/α-hetero) is 1. The van der Waals surface area contributed by atoms with Crippen molar-refractivity contribution in [1.29, 1.82) is 0 Å². The minimum Gasteiger partial charge on any atom is -0.294 e. The quantitative estimate of drug-likeness (QED) is 0.588.